The van der Waals surface area contributed by atoms with Gasteiger partial charge in [0.05, 0.1) is 11.4 Å². The lowest BCUT2D eigenvalue weighted by Gasteiger charge is -2.12. The van der Waals surface area contributed by atoms with Crippen molar-refractivity contribution in [3.8, 4) is 0 Å². The molecule has 0 saturated carbocycles. The molecule has 174 valence electrons. The van der Waals surface area contributed by atoms with Crippen molar-refractivity contribution in [2.75, 3.05) is 17.3 Å². The van der Waals surface area contributed by atoms with Crippen molar-refractivity contribution in [3.63, 3.8) is 0 Å². The molecule has 0 aliphatic rings. The summed E-state index contributed by atoms with van der Waals surface area (Å²) in [7, 11) is 1.74. The molecule has 0 bridgehead atoms. The molecule has 1 N–H and O–H groups in total. The molecule has 0 unspecified atom stereocenters. The van der Waals surface area contributed by atoms with Crippen LogP contribution < -0.4 is 10.2 Å². The maximum atomic E-state index is 11.0. The summed E-state index contributed by atoms with van der Waals surface area (Å²) in [5.74, 6) is 1.58. The van der Waals surface area contributed by atoms with Gasteiger partial charge in [-0.15, -0.1) is 0 Å². The van der Waals surface area contributed by atoms with Gasteiger partial charge in [0.2, 0.25) is 12.8 Å². The normalized spacial score (nSPS) is 10.8. The second kappa shape index (κ2) is 10.5. The number of hydrogen-bond acceptors (Lipinski definition) is 4. The zero-order valence-corrected chi connectivity index (χ0v) is 22.4. The molecule has 0 aromatic carbocycles. The van der Waals surface area contributed by atoms with Gasteiger partial charge in [-0.1, -0.05) is 13.8 Å². The topological polar surface area (TPSA) is 84.0 Å². The zero-order valence-electron chi connectivity index (χ0n) is 19.2. The van der Waals surface area contributed by atoms with E-state index in [9.17, 15) is 9.59 Å². The number of fused-ring (bicyclic) bond motifs is 2. The van der Waals surface area contributed by atoms with Crippen LogP contribution in [-0.4, -0.2) is 38.6 Å². The number of amides is 2. The first-order valence-corrected chi connectivity index (χ1v) is 12.1. The number of nitrogens with one attached hydrogen (secondary N) is 1. The minimum Gasteiger partial charge on any atom is -0.313 e. The summed E-state index contributed by atoms with van der Waals surface area (Å²) in [4.78, 5) is 32.2. The Morgan fingerprint density at radius 2 is 1.45 bits per heavy atom. The van der Waals surface area contributed by atoms with E-state index in [1.54, 1.807) is 11.9 Å². The van der Waals surface area contributed by atoms with Gasteiger partial charge in [-0.05, 0) is 81.8 Å². The minimum atomic E-state index is 0.679. The molecule has 4 rings (SSSR count). The van der Waals surface area contributed by atoms with E-state index in [1.165, 1.54) is 0 Å². The lowest BCUT2D eigenvalue weighted by Crippen LogP contribution is -2.17. The van der Waals surface area contributed by atoms with E-state index in [0.717, 1.165) is 73.6 Å². The molecule has 2 amide bonds. The van der Waals surface area contributed by atoms with Gasteiger partial charge in [0.15, 0.2) is 0 Å². The van der Waals surface area contributed by atoms with Gasteiger partial charge in [-0.2, -0.15) is 0 Å². The van der Waals surface area contributed by atoms with Gasteiger partial charge in [-0.25, -0.2) is 9.97 Å². The van der Waals surface area contributed by atoms with Crippen molar-refractivity contribution in [3.05, 3.63) is 56.0 Å². The number of aryl methyl sites for hydroxylation is 4. The van der Waals surface area contributed by atoms with Crippen molar-refractivity contribution < 1.29 is 9.59 Å². The average Bonchev–Trinajstić information content (AvgIpc) is 3.32. The molecule has 0 aliphatic carbocycles. The Bertz CT molecular complexity index is 1330. The van der Waals surface area contributed by atoms with Crippen LogP contribution in [0, 0.1) is 13.8 Å². The number of anilines is 2. The Morgan fingerprint density at radius 3 is 1.97 bits per heavy atom. The predicted octanol–water partition coefficient (Wildman–Crippen LogP) is 5.10. The van der Waals surface area contributed by atoms with Crippen molar-refractivity contribution in [1.29, 1.82) is 0 Å². The van der Waals surface area contributed by atoms with Crippen molar-refractivity contribution in [1.82, 2.24) is 18.8 Å². The number of halogens is 2. The largest absolute Gasteiger partial charge is 0.313 e. The van der Waals surface area contributed by atoms with Crippen LogP contribution in [0.1, 0.15) is 36.4 Å². The van der Waals surface area contributed by atoms with Gasteiger partial charge in [0.25, 0.3) is 0 Å². The summed E-state index contributed by atoms with van der Waals surface area (Å²) in [6, 6.07) is 4.03. The molecule has 0 aliphatic heterocycles. The van der Waals surface area contributed by atoms with Crippen LogP contribution >= 0.6 is 31.9 Å². The molecule has 0 fully saturated rings. The second-order valence-electron chi connectivity index (χ2n) is 7.54. The molecule has 4 heterocycles. The molecule has 0 saturated heterocycles. The Kier molecular flexibility index (Phi) is 7.91. The van der Waals surface area contributed by atoms with Crippen molar-refractivity contribution in [2.24, 2.45) is 0 Å². The van der Waals surface area contributed by atoms with Crippen LogP contribution in [0.25, 0.3) is 11.3 Å². The van der Waals surface area contributed by atoms with E-state index in [4.69, 9.17) is 0 Å². The monoisotopic (exact) mass is 576 g/mol. The van der Waals surface area contributed by atoms with Crippen LogP contribution in [0.3, 0.4) is 0 Å². The number of carbonyl (C=O) groups is 2. The van der Waals surface area contributed by atoms with E-state index in [-0.39, 0.29) is 0 Å². The first-order chi connectivity index (χ1) is 15.7. The first-order valence-electron chi connectivity index (χ1n) is 10.5. The number of aromatic nitrogens is 4. The van der Waals surface area contributed by atoms with Crippen LogP contribution in [0.15, 0.2) is 33.5 Å². The van der Waals surface area contributed by atoms with Crippen LogP contribution in [0.2, 0.25) is 0 Å². The van der Waals surface area contributed by atoms with Crippen LogP contribution in [0.4, 0.5) is 11.6 Å². The van der Waals surface area contributed by atoms with E-state index >= 15 is 0 Å². The summed E-state index contributed by atoms with van der Waals surface area (Å²) in [5, 5.41) is 2.70. The molecule has 8 nitrogen and oxygen atoms in total. The van der Waals surface area contributed by atoms with Gasteiger partial charge in [0, 0.05) is 28.4 Å². The third kappa shape index (κ3) is 4.96. The molecular weight excluding hydrogens is 552 g/mol. The molecule has 33 heavy (non-hydrogen) atoms. The van der Waals surface area contributed by atoms with E-state index in [1.807, 2.05) is 61.0 Å². The Morgan fingerprint density at radius 1 is 0.939 bits per heavy atom. The molecule has 0 radical (unpaired) electrons. The Labute approximate surface area is 209 Å². The lowest BCUT2D eigenvalue weighted by molar-refractivity contribution is -0.107. The molecule has 4 aromatic heterocycles. The van der Waals surface area contributed by atoms with Gasteiger partial charge in [-0.3, -0.25) is 18.4 Å². The smallest absolute Gasteiger partial charge is 0.215 e. The van der Waals surface area contributed by atoms with Crippen molar-refractivity contribution >= 4 is 67.6 Å². The third-order valence-electron chi connectivity index (χ3n) is 5.22. The standard InChI is InChI=1S/C12H14BrN3O.C11H12BrN3O/c1-4-10-12(15(3)7-17)16-6-9(13)5-8(2)11(16)14-10;1-3-9-11(13-6-16)15-5-8(12)4-7(2)10(15)14-9/h5-7H,4H2,1-3H3;4-6H,3H2,1-2H3,(H,13,16). The molecule has 10 heteroatoms. The molecule has 4 aromatic rings. The molecule has 0 spiro atoms. The Hall–Kier alpha value is -2.72. The van der Waals surface area contributed by atoms with Crippen LogP contribution in [-0.2, 0) is 22.4 Å². The number of rotatable bonds is 6. The highest BCUT2D eigenvalue weighted by Gasteiger charge is 2.16. The second-order valence-corrected chi connectivity index (χ2v) is 9.38. The highest BCUT2D eigenvalue weighted by molar-refractivity contribution is 9.10. The first kappa shape index (κ1) is 24.9. The van der Waals surface area contributed by atoms with Gasteiger partial charge in [0.1, 0.15) is 22.9 Å². The third-order valence-corrected chi connectivity index (χ3v) is 6.08. The molecular formula is C23H26Br2N6O2. The van der Waals surface area contributed by atoms with E-state index in [2.05, 4.69) is 47.1 Å². The molecule has 0 atom stereocenters. The lowest BCUT2D eigenvalue weighted by atomic mass is 10.3. The SMILES string of the molecule is CCc1nc2c(C)cc(Br)cn2c1N(C)C=O.CCc1nc2c(C)cc(Br)cn2c1NC=O. The van der Waals surface area contributed by atoms with E-state index in [0.29, 0.717) is 6.41 Å². The van der Waals surface area contributed by atoms with Crippen LogP contribution in [0.5, 0.6) is 0 Å². The number of nitrogens with zero attached hydrogens (tertiary/aromatic N) is 5. The fourth-order valence-corrected chi connectivity index (χ4v) is 4.83. The average molecular weight is 578 g/mol. The fraction of sp³-hybridized carbons (Fsp3) is 0.304. The van der Waals surface area contributed by atoms with Gasteiger partial charge < -0.3 is 10.2 Å². The summed E-state index contributed by atoms with van der Waals surface area (Å²) >= 11 is 6.90. The van der Waals surface area contributed by atoms with Crippen molar-refractivity contribution in [2.45, 2.75) is 40.5 Å². The zero-order chi connectivity index (χ0) is 24.3. The van der Waals surface area contributed by atoms with Gasteiger partial charge >= 0.3 is 0 Å². The highest BCUT2D eigenvalue weighted by Crippen LogP contribution is 2.26. The quantitative estimate of drug-likeness (QED) is 0.323. The highest BCUT2D eigenvalue weighted by atomic mass is 79.9. The predicted molar refractivity (Wildman–Crippen MR) is 138 cm³/mol. The minimum absolute atomic E-state index is 0.679. The number of hydrogen-bond donors (Lipinski definition) is 1. The summed E-state index contributed by atoms with van der Waals surface area (Å²) in [6.07, 6.45) is 6.91. The maximum absolute atomic E-state index is 11.0. The summed E-state index contributed by atoms with van der Waals surface area (Å²) in [5.41, 5.74) is 5.76. The van der Waals surface area contributed by atoms with E-state index < -0.39 is 0 Å². The fourth-order valence-electron chi connectivity index (χ4n) is 3.73. The number of imidazole rings is 2. The maximum Gasteiger partial charge on any atom is 0.215 e. The summed E-state index contributed by atoms with van der Waals surface area (Å²) in [6.45, 7) is 8.06. The Balaban J connectivity index is 0.000000186. The number of carbonyl (C=O) groups excluding carboxylic acids is 2. The number of pyridine rings is 2. The summed E-state index contributed by atoms with van der Waals surface area (Å²) < 4.78 is 5.79.